The fourth-order valence-electron chi connectivity index (χ4n) is 2.35. The molecule has 21 heavy (non-hydrogen) atoms. The number of hydrogen-bond donors (Lipinski definition) is 1. The van der Waals surface area contributed by atoms with Crippen LogP contribution in [0.1, 0.15) is 26.3 Å². The van der Waals surface area contributed by atoms with Crippen molar-refractivity contribution in [1.29, 1.82) is 0 Å². The average Bonchev–Trinajstić information content (AvgIpc) is 2.47. The zero-order valence-electron chi connectivity index (χ0n) is 12.7. The van der Waals surface area contributed by atoms with Crippen molar-refractivity contribution in [2.24, 2.45) is 0 Å². The summed E-state index contributed by atoms with van der Waals surface area (Å²) in [4.78, 5) is 4.51. The highest BCUT2D eigenvalue weighted by molar-refractivity contribution is 5.85. The average molecular weight is 276 g/mol. The molecule has 2 aromatic carbocycles. The topological polar surface area (TPSA) is 24.9 Å². The molecule has 0 aliphatic carbocycles. The number of pyridine rings is 1. The summed E-state index contributed by atoms with van der Waals surface area (Å²) in [5.41, 5.74) is 2.55. The van der Waals surface area contributed by atoms with Gasteiger partial charge in [0.25, 0.3) is 0 Å². The van der Waals surface area contributed by atoms with Gasteiger partial charge in [-0.1, -0.05) is 51.1 Å². The molecule has 3 rings (SSSR count). The van der Waals surface area contributed by atoms with Gasteiger partial charge < -0.3 is 5.32 Å². The van der Waals surface area contributed by atoms with Crippen LogP contribution in [0.25, 0.3) is 10.8 Å². The molecule has 0 fully saturated rings. The smallest absolute Gasteiger partial charge is 0.130 e. The lowest BCUT2D eigenvalue weighted by Crippen LogP contribution is -2.10. The van der Waals surface area contributed by atoms with Crippen LogP contribution in [0.4, 0.5) is 11.5 Å². The predicted octanol–water partition coefficient (Wildman–Crippen LogP) is 5.28. The predicted molar refractivity (Wildman–Crippen MR) is 90.2 cm³/mol. The molecule has 0 bridgehead atoms. The molecule has 3 aromatic rings. The summed E-state index contributed by atoms with van der Waals surface area (Å²) in [6, 6.07) is 18.8. The summed E-state index contributed by atoms with van der Waals surface area (Å²) < 4.78 is 0. The molecule has 1 aromatic heterocycles. The van der Waals surface area contributed by atoms with Crippen LogP contribution in [0.3, 0.4) is 0 Å². The van der Waals surface area contributed by atoms with Crippen LogP contribution >= 0.6 is 0 Å². The van der Waals surface area contributed by atoms with Gasteiger partial charge in [0.1, 0.15) is 5.82 Å². The first-order chi connectivity index (χ1) is 10.0. The van der Waals surface area contributed by atoms with Gasteiger partial charge in [0, 0.05) is 17.3 Å². The number of anilines is 2. The zero-order valence-corrected chi connectivity index (χ0v) is 12.7. The number of nitrogens with zero attached hydrogens (tertiary/aromatic N) is 1. The van der Waals surface area contributed by atoms with Gasteiger partial charge in [0.2, 0.25) is 0 Å². The molecule has 0 spiro atoms. The van der Waals surface area contributed by atoms with E-state index in [-0.39, 0.29) is 5.41 Å². The first-order valence-electron chi connectivity index (χ1n) is 7.25. The van der Waals surface area contributed by atoms with Gasteiger partial charge in [0.15, 0.2) is 0 Å². The van der Waals surface area contributed by atoms with Crippen LogP contribution in [0.15, 0.2) is 60.8 Å². The second-order valence-electron chi connectivity index (χ2n) is 6.37. The third kappa shape index (κ3) is 3.05. The van der Waals surface area contributed by atoms with E-state index >= 15 is 0 Å². The minimum absolute atomic E-state index is 0.162. The Labute approximate surface area is 125 Å². The molecule has 1 N–H and O–H groups in total. The Morgan fingerprint density at radius 2 is 1.62 bits per heavy atom. The molecule has 0 aliphatic heterocycles. The summed E-state index contributed by atoms with van der Waals surface area (Å²) in [5.74, 6) is 0.872. The molecule has 0 unspecified atom stereocenters. The Morgan fingerprint density at radius 3 is 2.33 bits per heavy atom. The van der Waals surface area contributed by atoms with E-state index in [9.17, 15) is 0 Å². The lowest BCUT2D eigenvalue weighted by Gasteiger charge is -2.19. The third-order valence-electron chi connectivity index (χ3n) is 3.63. The Balaban J connectivity index is 1.94. The fraction of sp³-hybridized carbons (Fsp3) is 0.211. The van der Waals surface area contributed by atoms with Crippen LogP contribution in [-0.4, -0.2) is 4.98 Å². The van der Waals surface area contributed by atoms with E-state index in [0.717, 1.165) is 11.5 Å². The van der Waals surface area contributed by atoms with Crippen molar-refractivity contribution in [2.75, 3.05) is 5.32 Å². The van der Waals surface area contributed by atoms with Crippen LogP contribution in [0, 0.1) is 0 Å². The summed E-state index contributed by atoms with van der Waals surface area (Å²) in [6.45, 7) is 6.69. The lowest BCUT2D eigenvalue weighted by atomic mass is 9.86. The van der Waals surface area contributed by atoms with Gasteiger partial charge in [0.05, 0.1) is 0 Å². The molecule has 1 heterocycles. The van der Waals surface area contributed by atoms with E-state index in [1.807, 2.05) is 36.5 Å². The van der Waals surface area contributed by atoms with Crippen molar-refractivity contribution in [3.63, 3.8) is 0 Å². The number of aromatic nitrogens is 1. The van der Waals surface area contributed by atoms with Gasteiger partial charge in [-0.05, 0) is 40.6 Å². The number of fused-ring (bicyclic) bond motifs is 1. The summed E-state index contributed by atoms with van der Waals surface area (Å²) in [5, 5.41) is 5.72. The second-order valence-corrected chi connectivity index (χ2v) is 6.37. The molecular weight excluding hydrogens is 256 g/mol. The highest BCUT2D eigenvalue weighted by atomic mass is 15.0. The fourth-order valence-corrected chi connectivity index (χ4v) is 2.35. The van der Waals surface area contributed by atoms with E-state index in [2.05, 4.69) is 55.3 Å². The monoisotopic (exact) mass is 276 g/mol. The van der Waals surface area contributed by atoms with Crippen molar-refractivity contribution in [3.8, 4) is 0 Å². The van der Waals surface area contributed by atoms with Gasteiger partial charge in [-0.15, -0.1) is 0 Å². The van der Waals surface area contributed by atoms with Crippen LogP contribution in [0.5, 0.6) is 0 Å². The van der Waals surface area contributed by atoms with Gasteiger partial charge in [-0.3, -0.25) is 0 Å². The molecule has 0 atom stereocenters. The van der Waals surface area contributed by atoms with Crippen LogP contribution < -0.4 is 5.32 Å². The van der Waals surface area contributed by atoms with E-state index in [0.29, 0.717) is 0 Å². The molecule has 0 saturated heterocycles. The molecule has 0 amide bonds. The molecule has 2 heteroatoms. The summed E-state index contributed by atoms with van der Waals surface area (Å²) in [6.07, 6.45) is 1.94. The van der Waals surface area contributed by atoms with Gasteiger partial charge in [-0.2, -0.15) is 0 Å². The van der Waals surface area contributed by atoms with Crippen LogP contribution in [-0.2, 0) is 5.41 Å². The molecule has 0 radical (unpaired) electrons. The largest absolute Gasteiger partial charge is 0.340 e. The maximum absolute atomic E-state index is 4.51. The molecule has 2 nitrogen and oxygen atoms in total. The molecule has 106 valence electrons. The SMILES string of the molecule is CC(C)(C)c1ccc2cc(Nc3ccccc3)ncc2c1. The number of rotatable bonds is 2. The third-order valence-corrected chi connectivity index (χ3v) is 3.63. The lowest BCUT2D eigenvalue weighted by molar-refractivity contribution is 0.591. The van der Waals surface area contributed by atoms with E-state index in [4.69, 9.17) is 0 Å². The number of benzene rings is 2. The van der Waals surface area contributed by atoms with E-state index < -0.39 is 0 Å². The van der Waals surface area contributed by atoms with Crippen LogP contribution in [0.2, 0.25) is 0 Å². The molecule has 0 aliphatic rings. The normalized spacial score (nSPS) is 11.6. The Bertz CT molecular complexity index is 755. The minimum Gasteiger partial charge on any atom is -0.340 e. The zero-order chi connectivity index (χ0) is 14.9. The van der Waals surface area contributed by atoms with Gasteiger partial charge in [-0.25, -0.2) is 4.98 Å². The Morgan fingerprint density at radius 1 is 0.857 bits per heavy atom. The standard InChI is InChI=1S/C19H20N2/c1-19(2,3)16-10-9-14-12-18(20-13-15(14)11-16)21-17-7-5-4-6-8-17/h4-13H,1-3H3,(H,20,21). The van der Waals surface area contributed by atoms with Gasteiger partial charge >= 0.3 is 0 Å². The molecular formula is C19H20N2. The Hall–Kier alpha value is -2.35. The van der Waals surface area contributed by atoms with E-state index in [1.165, 1.54) is 16.3 Å². The maximum atomic E-state index is 4.51. The quantitative estimate of drug-likeness (QED) is 0.689. The molecule has 0 saturated carbocycles. The number of hydrogen-bond acceptors (Lipinski definition) is 2. The highest BCUT2D eigenvalue weighted by Crippen LogP contribution is 2.27. The van der Waals surface area contributed by atoms with Crippen molar-refractivity contribution < 1.29 is 0 Å². The first-order valence-corrected chi connectivity index (χ1v) is 7.25. The summed E-state index contributed by atoms with van der Waals surface area (Å²) >= 11 is 0. The Kier molecular flexibility index (Phi) is 3.38. The summed E-state index contributed by atoms with van der Waals surface area (Å²) in [7, 11) is 0. The number of para-hydroxylation sites is 1. The number of nitrogens with one attached hydrogen (secondary N) is 1. The maximum Gasteiger partial charge on any atom is 0.130 e. The van der Waals surface area contributed by atoms with Crippen molar-refractivity contribution in [1.82, 2.24) is 4.98 Å². The van der Waals surface area contributed by atoms with Crippen molar-refractivity contribution in [3.05, 3.63) is 66.4 Å². The van der Waals surface area contributed by atoms with Crippen molar-refractivity contribution >= 4 is 22.3 Å². The first kappa shape index (κ1) is 13.6. The highest BCUT2D eigenvalue weighted by Gasteiger charge is 2.13. The van der Waals surface area contributed by atoms with E-state index in [1.54, 1.807) is 0 Å². The van der Waals surface area contributed by atoms with Crippen molar-refractivity contribution in [2.45, 2.75) is 26.2 Å². The minimum atomic E-state index is 0.162. The second kappa shape index (κ2) is 5.21.